The third-order valence-electron chi connectivity index (χ3n) is 5.39. The van der Waals surface area contributed by atoms with Crippen LogP contribution in [0, 0.1) is 0 Å². The maximum atomic E-state index is 13.5. The van der Waals surface area contributed by atoms with E-state index in [-0.39, 0.29) is 11.7 Å². The average molecular weight is 520 g/mol. The van der Waals surface area contributed by atoms with Crippen LogP contribution in [0.3, 0.4) is 0 Å². The Bertz CT molecular complexity index is 1310. The molecule has 1 heterocycles. The number of amidine groups is 1. The van der Waals surface area contributed by atoms with Gasteiger partial charge in [-0.2, -0.15) is 0 Å². The zero-order chi connectivity index (χ0) is 25.7. The van der Waals surface area contributed by atoms with Gasteiger partial charge in [0.25, 0.3) is 5.91 Å². The van der Waals surface area contributed by atoms with E-state index < -0.39 is 0 Å². The Hall–Kier alpha value is -3.56. The van der Waals surface area contributed by atoms with Crippen molar-refractivity contribution in [3.8, 4) is 5.75 Å². The van der Waals surface area contributed by atoms with Gasteiger partial charge in [-0.3, -0.25) is 9.69 Å². The molecule has 0 bridgehead atoms. The summed E-state index contributed by atoms with van der Waals surface area (Å²) < 4.78 is 0. The number of aromatic hydroxyl groups is 1. The number of hydrogen-bond donors (Lipinski definition) is 3. The summed E-state index contributed by atoms with van der Waals surface area (Å²) in [5.74, 6) is 0.0630. The molecule has 0 atom stereocenters. The summed E-state index contributed by atoms with van der Waals surface area (Å²) in [6.45, 7) is 3.16. The van der Waals surface area contributed by atoms with Crippen molar-refractivity contribution in [1.29, 1.82) is 0 Å². The Kier molecular flexibility index (Phi) is 8.12. The van der Waals surface area contributed by atoms with E-state index in [0.29, 0.717) is 28.0 Å². The molecule has 186 valence electrons. The van der Waals surface area contributed by atoms with E-state index in [1.807, 2.05) is 85.9 Å². The lowest BCUT2D eigenvalue weighted by Crippen LogP contribution is -2.28. The first-order valence-electron chi connectivity index (χ1n) is 11.5. The van der Waals surface area contributed by atoms with Gasteiger partial charge in [0.05, 0.1) is 28.5 Å². The molecular formula is C27H29N5O2S2. The third kappa shape index (κ3) is 5.98. The molecule has 0 aromatic heterocycles. The molecule has 1 aliphatic rings. The number of benzene rings is 3. The number of aliphatic imine (C=N–C) groups is 1. The van der Waals surface area contributed by atoms with Crippen LogP contribution in [-0.4, -0.2) is 41.7 Å². The van der Waals surface area contributed by atoms with E-state index in [9.17, 15) is 9.90 Å². The van der Waals surface area contributed by atoms with Gasteiger partial charge in [0.1, 0.15) is 5.75 Å². The number of nitrogens with zero attached hydrogens (tertiary/aromatic N) is 3. The van der Waals surface area contributed by atoms with Crippen LogP contribution in [0.4, 0.5) is 22.7 Å². The summed E-state index contributed by atoms with van der Waals surface area (Å²) in [6.07, 6.45) is 0. The van der Waals surface area contributed by atoms with Crippen LogP contribution in [0.5, 0.6) is 5.75 Å². The number of phenols is 1. The Morgan fingerprint density at radius 2 is 1.92 bits per heavy atom. The summed E-state index contributed by atoms with van der Waals surface area (Å²) in [5.41, 5.74) is 10.2. The minimum absolute atomic E-state index is 0.115. The third-order valence-corrected chi connectivity index (χ3v) is 7.49. The molecule has 0 saturated carbocycles. The fourth-order valence-corrected chi connectivity index (χ4v) is 5.68. The van der Waals surface area contributed by atoms with Crippen LogP contribution in [0.15, 0.2) is 86.9 Å². The molecule has 4 rings (SSSR count). The van der Waals surface area contributed by atoms with Gasteiger partial charge in [0, 0.05) is 31.2 Å². The number of phenolic OH excluding ortho intramolecular Hbond substituents is 1. The van der Waals surface area contributed by atoms with Crippen molar-refractivity contribution in [2.45, 2.75) is 18.4 Å². The molecule has 9 heteroatoms. The lowest BCUT2D eigenvalue weighted by Gasteiger charge is -2.17. The molecule has 1 saturated heterocycles. The number of carbonyl (C=O) groups excluding carboxylic acids is 1. The number of hydrogen-bond acceptors (Lipinski definition) is 8. The fraction of sp³-hybridized carbons (Fsp3) is 0.185. The van der Waals surface area contributed by atoms with Gasteiger partial charge < -0.3 is 21.1 Å². The Morgan fingerprint density at radius 3 is 2.64 bits per heavy atom. The molecule has 0 spiro atoms. The quantitative estimate of drug-likeness (QED) is 0.195. The highest BCUT2D eigenvalue weighted by Gasteiger charge is 2.34. The summed E-state index contributed by atoms with van der Waals surface area (Å²) >= 11 is 2.73. The number of carbonyl (C=O) groups is 1. The number of nitrogens with two attached hydrogens (primary N) is 1. The monoisotopic (exact) mass is 519 g/mol. The van der Waals surface area contributed by atoms with E-state index in [4.69, 9.17) is 10.7 Å². The van der Waals surface area contributed by atoms with Crippen LogP contribution in [0.1, 0.15) is 12.5 Å². The lowest BCUT2D eigenvalue weighted by molar-refractivity contribution is -0.122. The second-order valence-electron chi connectivity index (χ2n) is 8.33. The van der Waals surface area contributed by atoms with Crippen molar-refractivity contribution in [2.24, 2.45) is 4.99 Å². The first-order chi connectivity index (χ1) is 17.4. The van der Waals surface area contributed by atoms with Crippen molar-refractivity contribution < 1.29 is 9.90 Å². The summed E-state index contributed by atoms with van der Waals surface area (Å²) in [6, 6.07) is 20.6. The second-order valence-corrected chi connectivity index (χ2v) is 10.2. The minimum atomic E-state index is -0.115. The number of rotatable bonds is 8. The fourth-order valence-electron chi connectivity index (χ4n) is 3.65. The molecule has 1 amide bonds. The van der Waals surface area contributed by atoms with Crippen molar-refractivity contribution in [2.75, 3.05) is 36.6 Å². The molecule has 0 radical (unpaired) electrons. The Morgan fingerprint density at radius 1 is 1.14 bits per heavy atom. The standard InChI is InChI=1S/C27H29N5O2S2/c1-4-29-21-12-10-19(28)14-22(21)30-27-32(16-18-8-6-5-7-9-18)26(34)25(36-27)17-35-24-15-20(33)11-13-23(24)31(2)3/h5-15,17,29,33H,4,16,28H2,1-3H3/b25-17-,30-27?. The molecule has 0 aliphatic carbocycles. The largest absolute Gasteiger partial charge is 0.508 e. The number of thioether (sulfide) groups is 2. The maximum Gasteiger partial charge on any atom is 0.267 e. The molecule has 3 aromatic rings. The van der Waals surface area contributed by atoms with E-state index in [0.717, 1.165) is 28.4 Å². The van der Waals surface area contributed by atoms with E-state index in [1.54, 1.807) is 17.0 Å². The van der Waals surface area contributed by atoms with E-state index in [1.165, 1.54) is 23.5 Å². The van der Waals surface area contributed by atoms with Crippen LogP contribution in [0.25, 0.3) is 0 Å². The van der Waals surface area contributed by atoms with Crippen molar-refractivity contribution in [3.63, 3.8) is 0 Å². The van der Waals surface area contributed by atoms with Gasteiger partial charge in [0.15, 0.2) is 5.17 Å². The van der Waals surface area contributed by atoms with Crippen LogP contribution < -0.4 is 16.0 Å². The van der Waals surface area contributed by atoms with E-state index in [2.05, 4.69) is 5.32 Å². The molecule has 4 N–H and O–H groups in total. The number of anilines is 3. The SMILES string of the molecule is CCNc1ccc(N)cc1N=C1S/C(=C\Sc2cc(O)ccc2N(C)C)C(=O)N1Cc1ccccc1. The van der Waals surface area contributed by atoms with Gasteiger partial charge in [-0.05, 0) is 66.1 Å². The van der Waals surface area contributed by atoms with Gasteiger partial charge in [-0.15, -0.1) is 0 Å². The smallest absolute Gasteiger partial charge is 0.267 e. The zero-order valence-corrected chi connectivity index (χ0v) is 22.1. The van der Waals surface area contributed by atoms with Gasteiger partial charge in [0.2, 0.25) is 0 Å². The van der Waals surface area contributed by atoms with Gasteiger partial charge in [-0.1, -0.05) is 42.1 Å². The molecule has 0 unspecified atom stereocenters. The molecule has 36 heavy (non-hydrogen) atoms. The second kappa shape index (κ2) is 11.5. The molecule has 1 fully saturated rings. The van der Waals surface area contributed by atoms with Crippen molar-refractivity contribution in [3.05, 3.63) is 82.6 Å². The minimum Gasteiger partial charge on any atom is -0.508 e. The highest BCUT2D eigenvalue weighted by atomic mass is 32.2. The molecule has 3 aromatic carbocycles. The first-order valence-corrected chi connectivity index (χ1v) is 13.2. The topological polar surface area (TPSA) is 94.2 Å². The van der Waals surface area contributed by atoms with Crippen LogP contribution in [0.2, 0.25) is 0 Å². The number of amides is 1. The maximum absolute atomic E-state index is 13.5. The van der Waals surface area contributed by atoms with Crippen LogP contribution in [-0.2, 0) is 11.3 Å². The number of nitrogen functional groups attached to an aromatic ring is 1. The average Bonchev–Trinajstić information content (AvgIpc) is 3.14. The molecular weight excluding hydrogens is 490 g/mol. The summed E-state index contributed by atoms with van der Waals surface area (Å²) in [4.78, 5) is 23.5. The normalized spacial score (nSPS) is 15.6. The summed E-state index contributed by atoms with van der Waals surface area (Å²) in [7, 11) is 3.89. The first kappa shape index (κ1) is 25.5. The van der Waals surface area contributed by atoms with Gasteiger partial charge in [-0.25, -0.2) is 4.99 Å². The predicted molar refractivity (Wildman–Crippen MR) is 153 cm³/mol. The Labute approximate surface area is 220 Å². The predicted octanol–water partition coefficient (Wildman–Crippen LogP) is 5.87. The number of nitrogens with one attached hydrogen (secondary N) is 1. The van der Waals surface area contributed by atoms with E-state index >= 15 is 0 Å². The molecule has 1 aliphatic heterocycles. The van der Waals surface area contributed by atoms with Crippen molar-refractivity contribution >= 4 is 57.3 Å². The highest BCUT2D eigenvalue weighted by molar-refractivity contribution is 8.19. The lowest BCUT2D eigenvalue weighted by atomic mass is 10.2. The zero-order valence-electron chi connectivity index (χ0n) is 20.4. The van der Waals surface area contributed by atoms with Crippen molar-refractivity contribution in [1.82, 2.24) is 4.90 Å². The van der Waals surface area contributed by atoms with Crippen LogP contribution >= 0.6 is 23.5 Å². The Balaban J connectivity index is 1.71. The highest BCUT2D eigenvalue weighted by Crippen LogP contribution is 2.40. The van der Waals surface area contributed by atoms with Gasteiger partial charge >= 0.3 is 0 Å². The molecule has 7 nitrogen and oxygen atoms in total. The summed E-state index contributed by atoms with van der Waals surface area (Å²) in [5, 5.41) is 15.7.